The van der Waals surface area contributed by atoms with Crippen LogP contribution < -0.4 is 0 Å². The Hall–Kier alpha value is -2.49. The van der Waals surface area contributed by atoms with Crippen LogP contribution in [0, 0.1) is 10.1 Å². The maximum Gasteiger partial charge on any atom is 0.269 e. The molecule has 0 radical (unpaired) electrons. The molecule has 0 heterocycles. The van der Waals surface area contributed by atoms with Gasteiger partial charge < -0.3 is 0 Å². The number of carbonyl (C=O) groups is 1. The lowest BCUT2D eigenvalue weighted by molar-refractivity contribution is -0.384. The lowest BCUT2D eigenvalue weighted by atomic mass is 10.0. The first-order chi connectivity index (χ1) is 9.15. The van der Waals surface area contributed by atoms with Gasteiger partial charge in [0.1, 0.15) is 5.78 Å². The fourth-order valence-electron chi connectivity index (χ4n) is 1.85. The van der Waals surface area contributed by atoms with E-state index >= 15 is 0 Å². The van der Waals surface area contributed by atoms with Crippen molar-refractivity contribution in [3.8, 4) is 0 Å². The van der Waals surface area contributed by atoms with E-state index in [2.05, 4.69) is 0 Å². The maximum atomic E-state index is 11.9. The Morgan fingerprint density at radius 1 is 0.895 bits per heavy atom. The molecule has 0 bridgehead atoms. The second-order valence-electron chi connectivity index (χ2n) is 4.30. The van der Waals surface area contributed by atoms with Gasteiger partial charge in [-0.05, 0) is 11.1 Å². The molecule has 0 saturated carbocycles. The van der Waals surface area contributed by atoms with E-state index in [1.54, 1.807) is 12.1 Å². The SMILES string of the molecule is O=C(Cc1ccccc1)Cc1ccc([N+](=O)[O-])cc1. The molecule has 2 rings (SSSR count). The monoisotopic (exact) mass is 255 g/mol. The molecule has 2 aromatic rings. The minimum Gasteiger partial charge on any atom is -0.299 e. The number of rotatable bonds is 5. The molecule has 19 heavy (non-hydrogen) atoms. The van der Waals surface area contributed by atoms with Crippen LogP contribution in [0.15, 0.2) is 54.6 Å². The van der Waals surface area contributed by atoms with Gasteiger partial charge in [-0.25, -0.2) is 0 Å². The average Bonchev–Trinajstić information content (AvgIpc) is 2.40. The Labute approximate surface area is 110 Å². The Balaban J connectivity index is 1.97. The molecule has 4 nitrogen and oxygen atoms in total. The van der Waals surface area contributed by atoms with E-state index in [0.29, 0.717) is 12.8 Å². The van der Waals surface area contributed by atoms with E-state index in [9.17, 15) is 14.9 Å². The Kier molecular flexibility index (Phi) is 4.03. The Bertz CT molecular complexity index is 576. The van der Waals surface area contributed by atoms with Crippen LogP contribution in [0.25, 0.3) is 0 Å². The summed E-state index contributed by atoms with van der Waals surface area (Å²) in [6, 6.07) is 15.6. The molecule has 96 valence electrons. The summed E-state index contributed by atoms with van der Waals surface area (Å²) in [5.74, 6) is 0.0973. The Morgan fingerprint density at radius 3 is 1.95 bits per heavy atom. The minimum atomic E-state index is -0.449. The molecular formula is C15H13NO3. The number of nitrogens with zero attached hydrogens (tertiary/aromatic N) is 1. The molecule has 0 atom stereocenters. The standard InChI is InChI=1S/C15H13NO3/c17-15(10-12-4-2-1-3-5-12)11-13-6-8-14(9-7-13)16(18)19/h1-9H,10-11H2. The maximum absolute atomic E-state index is 11.9. The molecule has 0 aliphatic rings. The van der Waals surface area contributed by atoms with Crippen LogP contribution in [-0.2, 0) is 17.6 Å². The van der Waals surface area contributed by atoms with Crippen molar-refractivity contribution in [3.05, 3.63) is 75.8 Å². The summed E-state index contributed by atoms with van der Waals surface area (Å²) in [7, 11) is 0. The molecule has 0 aromatic heterocycles. The zero-order valence-electron chi connectivity index (χ0n) is 10.3. The van der Waals surface area contributed by atoms with Gasteiger partial charge in [-0.2, -0.15) is 0 Å². The molecule has 0 aliphatic carbocycles. The van der Waals surface area contributed by atoms with Crippen LogP contribution in [0.2, 0.25) is 0 Å². The molecular weight excluding hydrogens is 242 g/mol. The number of nitro groups is 1. The number of ketones is 1. The van der Waals surface area contributed by atoms with Gasteiger partial charge >= 0.3 is 0 Å². The quantitative estimate of drug-likeness (QED) is 0.609. The highest BCUT2D eigenvalue weighted by Gasteiger charge is 2.08. The summed E-state index contributed by atoms with van der Waals surface area (Å²) in [4.78, 5) is 21.9. The van der Waals surface area contributed by atoms with Gasteiger partial charge in [0, 0.05) is 25.0 Å². The van der Waals surface area contributed by atoms with E-state index in [-0.39, 0.29) is 11.5 Å². The third-order valence-corrected chi connectivity index (χ3v) is 2.79. The number of hydrogen-bond acceptors (Lipinski definition) is 3. The summed E-state index contributed by atoms with van der Waals surface area (Å²) >= 11 is 0. The van der Waals surface area contributed by atoms with Crippen molar-refractivity contribution in [1.29, 1.82) is 0 Å². The highest BCUT2D eigenvalue weighted by Crippen LogP contribution is 2.13. The van der Waals surface area contributed by atoms with Crippen molar-refractivity contribution in [2.45, 2.75) is 12.8 Å². The predicted molar refractivity (Wildman–Crippen MR) is 72.0 cm³/mol. The van der Waals surface area contributed by atoms with Gasteiger partial charge in [-0.15, -0.1) is 0 Å². The van der Waals surface area contributed by atoms with E-state index in [1.807, 2.05) is 30.3 Å². The number of non-ortho nitro benzene ring substituents is 1. The first-order valence-corrected chi connectivity index (χ1v) is 5.94. The Morgan fingerprint density at radius 2 is 1.42 bits per heavy atom. The van der Waals surface area contributed by atoms with Crippen LogP contribution in [-0.4, -0.2) is 10.7 Å². The smallest absolute Gasteiger partial charge is 0.269 e. The van der Waals surface area contributed by atoms with Crippen molar-refractivity contribution in [2.24, 2.45) is 0 Å². The van der Waals surface area contributed by atoms with Crippen molar-refractivity contribution in [2.75, 3.05) is 0 Å². The lowest BCUT2D eigenvalue weighted by Gasteiger charge is -2.01. The van der Waals surface area contributed by atoms with Crippen LogP contribution in [0.4, 0.5) is 5.69 Å². The van der Waals surface area contributed by atoms with E-state index in [4.69, 9.17) is 0 Å². The molecule has 0 fully saturated rings. The molecule has 0 aliphatic heterocycles. The van der Waals surface area contributed by atoms with Crippen molar-refractivity contribution in [3.63, 3.8) is 0 Å². The van der Waals surface area contributed by atoms with Crippen LogP contribution >= 0.6 is 0 Å². The second kappa shape index (κ2) is 5.91. The van der Waals surface area contributed by atoms with Gasteiger partial charge in [0.25, 0.3) is 5.69 Å². The topological polar surface area (TPSA) is 60.2 Å². The molecule has 4 heteroatoms. The third kappa shape index (κ3) is 3.74. The molecule has 2 aromatic carbocycles. The number of benzene rings is 2. The van der Waals surface area contributed by atoms with Crippen LogP contribution in [0.1, 0.15) is 11.1 Å². The molecule has 0 spiro atoms. The van der Waals surface area contributed by atoms with Gasteiger partial charge in [-0.1, -0.05) is 42.5 Å². The minimum absolute atomic E-state index is 0.0410. The van der Waals surface area contributed by atoms with E-state index < -0.39 is 4.92 Å². The fourth-order valence-corrected chi connectivity index (χ4v) is 1.85. The fraction of sp³-hybridized carbons (Fsp3) is 0.133. The normalized spacial score (nSPS) is 10.1. The largest absolute Gasteiger partial charge is 0.299 e. The van der Waals surface area contributed by atoms with Gasteiger partial charge in [0.15, 0.2) is 0 Å². The number of carbonyl (C=O) groups excluding carboxylic acids is 1. The highest BCUT2D eigenvalue weighted by molar-refractivity contribution is 5.83. The summed E-state index contributed by atoms with van der Waals surface area (Å²) < 4.78 is 0. The summed E-state index contributed by atoms with van der Waals surface area (Å²) in [5, 5.41) is 10.5. The zero-order chi connectivity index (χ0) is 13.7. The molecule has 0 unspecified atom stereocenters. The second-order valence-corrected chi connectivity index (χ2v) is 4.30. The van der Waals surface area contributed by atoms with Crippen LogP contribution in [0.3, 0.4) is 0 Å². The highest BCUT2D eigenvalue weighted by atomic mass is 16.6. The first-order valence-electron chi connectivity index (χ1n) is 5.94. The molecule has 0 saturated heterocycles. The number of hydrogen-bond donors (Lipinski definition) is 0. The number of nitro benzene ring substituents is 1. The summed E-state index contributed by atoms with van der Waals surface area (Å²) in [6.07, 6.45) is 0.685. The van der Waals surface area contributed by atoms with Gasteiger partial charge in [0.05, 0.1) is 4.92 Å². The predicted octanol–water partition coefficient (Wildman–Crippen LogP) is 2.95. The average molecular weight is 255 g/mol. The van der Waals surface area contributed by atoms with E-state index in [1.165, 1.54) is 12.1 Å². The lowest BCUT2D eigenvalue weighted by Crippen LogP contribution is -2.06. The molecule has 0 amide bonds. The summed E-state index contributed by atoms with van der Waals surface area (Å²) in [6.45, 7) is 0. The van der Waals surface area contributed by atoms with Gasteiger partial charge in [-0.3, -0.25) is 14.9 Å². The summed E-state index contributed by atoms with van der Waals surface area (Å²) in [5.41, 5.74) is 1.82. The van der Waals surface area contributed by atoms with Crippen molar-refractivity contribution >= 4 is 11.5 Å². The van der Waals surface area contributed by atoms with Gasteiger partial charge in [0.2, 0.25) is 0 Å². The van der Waals surface area contributed by atoms with Crippen LogP contribution in [0.5, 0.6) is 0 Å². The number of Topliss-reactive ketones (excluding diaryl/α,β-unsaturated/α-hetero) is 1. The first kappa shape index (κ1) is 13.0. The molecule has 0 N–H and O–H groups in total. The zero-order valence-corrected chi connectivity index (χ0v) is 10.3. The van der Waals surface area contributed by atoms with Crippen molar-refractivity contribution in [1.82, 2.24) is 0 Å². The third-order valence-electron chi connectivity index (χ3n) is 2.79. The van der Waals surface area contributed by atoms with Crippen molar-refractivity contribution < 1.29 is 9.72 Å². The van der Waals surface area contributed by atoms with E-state index in [0.717, 1.165) is 11.1 Å².